The summed E-state index contributed by atoms with van der Waals surface area (Å²) in [5.74, 6) is -2.33. The Hall–Kier alpha value is -5.37. The van der Waals surface area contributed by atoms with Gasteiger partial charge in [-0.2, -0.15) is 10.4 Å². The second kappa shape index (κ2) is 13.8. The monoisotopic (exact) mass is 570 g/mol. The fourth-order valence-corrected chi connectivity index (χ4v) is 4.33. The minimum Gasteiger partial charge on any atom is -0.465 e. The predicted molar refractivity (Wildman–Crippen MR) is 153 cm³/mol. The molecule has 0 radical (unpaired) electrons. The molecule has 4 aromatic rings. The average Bonchev–Trinajstić information content (AvgIpc) is 3.36. The summed E-state index contributed by atoms with van der Waals surface area (Å²) in [6.07, 6.45) is 2.55. The highest BCUT2D eigenvalue weighted by molar-refractivity contribution is 6.00. The number of nitrogens with zero attached hydrogens (tertiary/aromatic N) is 3. The van der Waals surface area contributed by atoms with Crippen LogP contribution < -0.4 is 10.1 Å². The Morgan fingerprint density at radius 1 is 0.905 bits per heavy atom. The van der Waals surface area contributed by atoms with Crippen molar-refractivity contribution in [3.63, 3.8) is 0 Å². The number of nitriles is 1. The van der Waals surface area contributed by atoms with Crippen molar-refractivity contribution in [3.8, 4) is 17.6 Å². The van der Waals surface area contributed by atoms with Crippen LogP contribution >= 0.6 is 0 Å². The maximum Gasteiger partial charge on any atom is 0.340 e. The van der Waals surface area contributed by atoms with Gasteiger partial charge >= 0.3 is 17.9 Å². The van der Waals surface area contributed by atoms with Crippen molar-refractivity contribution in [1.29, 1.82) is 5.26 Å². The van der Waals surface area contributed by atoms with E-state index in [-0.39, 0.29) is 42.9 Å². The summed E-state index contributed by atoms with van der Waals surface area (Å²) in [6, 6.07) is 18.5. The first-order valence-corrected chi connectivity index (χ1v) is 13.4. The number of nitrogens with one attached hydrogen (secondary N) is 1. The number of carbonyl (C=O) groups is 3. The van der Waals surface area contributed by atoms with E-state index in [1.165, 1.54) is 16.9 Å². The van der Waals surface area contributed by atoms with E-state index in [0.29, 0.717) is 28.4 Å². The summed E-state index contributed by atoms with van der Waals surface area (Å²) in [4.78, 5) is 38.7. The van der Waals surface area contributed by atoms with Gasteiger partial charge < -0.3 is 24.3 Å². The Labute approximate surface area is 242 Å². The zero-order valence-electron chi connectivity index (χ0n) is 23.5. The molecular formula is C31H30N4O7. The molecule has 4 rings (SSSR count). The molecule has 0 aliphatic carbocycles. The number of fused-ring (bicyclic) bond motifs is 1. The van der Waals surface area contributed by atoms with E-state index in [2.05, 4.69) is 16.5 Å². The zero-order valence-corrected chi connectivity index (χ0v) is 23.5. The van der Waals surface area contributed by atoms with E-state index >= 15 is 0 Å². The Bertz CT molecular complexity index is 1590. The van der Waals surface area contributed by atoms with Crippen LogP contribution in [0.4, 0.5) is 11.4 Å². The molecule has 0 aliphatic heterocycles. The number of aromatic nitrogens is 2. The predicted octanol–water partition coefficient (Wildman–Crippen LogP) is 5.20. The number of carbonyl (C=O) groups excluding carboxylic acids is 3. The van der Waals surface area contributed by atoms with Gasteiger partial charge in [-0.05, 0) is 69.2 Å². The Kier molecular flexibility index (Phi) is 9.73. The zero-order chi connectivity index (χ0) is 30.1. The molecule has 42 heavy (non-hydrogen) atoms. The van der Waals surface area contributed by atoms with Crippen molar-refractivity contribution in [2.45, 2.75) is 27.2 Å². The van der Waals surface area contributed by atoms with Crippen molar-refractivity contribution in [2.24, 2.45) is 5.92 Å². The molecule has 0 fully saturated rings. The van der Waals surface area contributed by atoms with Gasteiger partial charge in [-0.3, -0.25) is 9.59 Å². The van der Waals surface area contributed by atoms with Gasteiger partial charge in [0, 0.05) is 11.9 Å². The normalized spacial score (nSPS) is 10.6. The summed E-state index contributed by atoms with van der Waals surface area (Å²) in [7, 11) is 0. The number of anilines is 2. The Morgan fingerprint density at radius 3 is 2.12 bits per heavy atom. The summed E-state index contributed by atoms with van der Waals surface area (Å²) in [5.41, 5.74) is 1.79. The van der Waals surface area contributed by atoms with E-state index in [1.54, 1.807) is 45.0 Å². The largest absolute Gasteiger partial charge is 0.465 e. The highest BCUT2D eigenvalue weighted by Gasteiger charge is 2.34. The lowest BCUT2D eigenvalue weighted by molar-refractivity contribution is -0.161. The van der Waals surface area contributed by atoms with Gasteiger partial charge in [-0.1, -0.05) is 18.2 Å². The van der Waals surface area contributed by atoms with Crippen LogP contribution in [0.1, 0.15) is 42.3 Å². The van der Waals surface area contributed by atoms with Crippen molar-refractivity contribution in [1.82, 2.24) is 9.61 Å². The fraction of sp³-hybridized carbons (Fsp3) is 0.258. The minimum atomic E-state index is -1.36. The Morgan fingerprint density at radius 2 is 1.52 bits per heavy atom. The van der Waals surface area contributed by atoms with Gasteiger partial charge in [0.05, 0.1) is 48.3 Å². The Balaban J connectivity index is 1.80. The van der Waals surface area contributed by atoms with Crippen LogP contribution in [0.5, 0.6) is 11.5 Å². The van der Waals surface area contributed by atoms with E-state index in [1.807, 2.05) is 30.3 Å². The maximum absolute atomic E-state index is 13.0. The lowest BCUT2D eigenvalue weighted by atomic mass is 9.96. The topological polar surface area (TPSA) is 141 Å². The number of hydrogen-bond acceptors (Lipinski definition) is 10. The number of para-hydroxylation sites is 1. The van der Waals surface area contributed by atoms with Crippen LogP contribution in [-0.4, -0.2) is 47.3 Å². The molecular weight excluding hydrogens is 540 g/mol. The van der Waals surface area contributed by atoms with Crippen LogP contribution in [0.2, 0.25) is 0 Å². The van der Waals surface area contributed by atoms with E-state index in [0.717, 1.165) is 0 Å². The summed E-state index contributed by atoms with van der Waals surface area (Å²) >= 11 is 0. The first kappa shape index (κ1) is 29.6. The molecule has 1 N–H and O–H groups in total. The van der Waals surface area contributed by atoms with Crippen molar-refractivity contribution in [3.05, 3.63) is 83.7 Å². The molecule has 0 aliphatic rings. The van der Waals surface area contributed by atoms with E-state index in [4.69, 9.17) is 18.9 Å². The second-order valence-corrected chi connectivity index (χ2v) is 8.91. The molecule has 11 heteroatoms. The van der Waals surface area contributed by atoms with Gasteiger partial charge in [0.15, 0.2) is 5.92 Å². The van der Waals surface area contributed by atoms with Crippen LogP contribution in [0.15, 0.2) is 67.0 Å². The number of benzene rings is 2. The third kappa shape index (κ3) is 6.67. The summed E-state index contributed by atoms with van der Waals surface area (Å²) in [5, 5.41) is 17.5. The fourth-order valence-electron chi connectivity index (χ4n) is 4.33. The SMILES string of the molecule is CCOC(=O)c1cn2ncc(C#N)c(Nc3ccc(Oc4ccccc4)cc3)c2c1CC(C(=O)OCC)C(=O)OCC. The van der Waals surface area contributed by atoms with Gasteiger partial charge in [-0.15, -0.1) is 0 Å². The quantitative estimate of drug-likeness (QED) is 0.137. The lowest BCUT2D eigenvalue weighted by Crippen LogP contribution is -2.30. The molecule has 216 valence electrons. The van der Waals surface area contributed by atoms with Gasteiger partial charge in [0.2, 0.25) is 0 Å². The molecule has 0 saturated heterocycles. The molecule has 0 spiro atoms. The average molecular weight is 571 g/mol. The molecule has 2 aromatic carbocycles. The molecule has 0 bridgehead atoms. The van der Waals surface area contributed by atoms with Crippen LogP contribution in [0, 0.1) is 17.2 Å². The maximum atomic E-state index is 13.0. The third-order valence-electron chi connectivity index (χ3n) is 6.18. The van der Waals surface area contributed by atoms with Gasteiger partial charge in [0.25, 0.3) is 0 Å². The first-order chi connectivity index (χ1) is 20.4. The molecule has 0 amide bonds. The van der Waals surface area contributed by atoms with Gasteiger partial charge in [0.1, 0.15) is 17.6 Å². The van der Waals surface area contributed by atoms with Crippen molar-refractivity contribution < 1.29 is 33.3 Å². The summed E-state index contributed by atoms with van der Waals surface area (Å²) in [6.45, 7) is 5.11. The minimum absolute atomic E-state index is 0.0485. The number of rotatable bonds is 12. The molecule has 0 unspecified atom stereocenters. The van der Waals surface area contributed by atoms with Crippen LogP contribution in [0.25, 0.3) is 5.52 Å². The van der Waals surface area contributed by atoms with Crippen LogP contribution in [0.3, 0.4) is 0 Å². The van der Waals surface area contributed by atoms with E-state index in [9.17, 15) is 19.6 Å². The summed E-state index contributed by atoms with van der Waals surface area (Å²) < 4.78 is 22.8. The highest BCUT2D eigenvalue weighted by Crippen LogP contribution is 2.34. The number of ether oxygens (including phenoxy) is 4. The van der Waals surface area contributed by atoms with Crippen LogP contribution in [-0.2, 0) is 30.2 Å². The number of hydrogen-bond donors (Lipinski definition) is 1. The molecule has 0 saturated carbocycles. The highest BCUT2D eigenvalue weighted by atomic mass is 16.6. The molecule has 2 aromatic heterocycles. The third-order valence-corrected chi connectivity index (χ3v) is 6.18. The van der Waals surface area contributed by atoms with Gasteiger partial charge in [-0.25, -0.2) is 9.31 Å². The second-order valence-electron chi connectivity index (χ2n) is 8.91. The molecule has 0 atom stereocenters. The smallest absolute Gasteiger partial charge is 0.340 e. The standard InChI is InChI=1S/C31H30N4O7/c1-4-39-29(36)25(30(37)40-5-2)16-24-26(31(38)41-6-3)19-35-28(24)27(20(17-32)18-33-35)34-21-12-14-23(15-13-21)42-22-10-8-7-9-11-22/h7-15,18-19,25,34H,4-6,16H2,1-3H3. The number of esters is 3. The van der Waals surface area contributed by atoms with Crippen molar-refractivity contribution >= 4 is 34.8 Å². The molecule has 2 heterocycles. The van der Waals surface area contributed by atoms with E-state index < -0.39 is 23.8 Å². The van der Waals surface area contributed by atoms with Crippen molar-refractivity contribution in [2.75, 3.05) is 25.1 Å². The lowest BCUT2D eigenvalue weighted by Gasteiger charge is -2.16. The first-order valence-electron chi connectivity index (χ1n) is 13.4. The molecule has 11 nitrogen and oxygen atoms in total.